The predicted molar refractivity (Wildman–Crippen MR) is 86.6 cm³/mol. The summed E-state index contributed by atoms with van der Waals surface area (Å²) in [5.41, 5.74) is 1.31. The second-order valence-corrected chi connectivity index (χ2v) is 5.86. The Bertz CT molecular complexity index is 766. The highest BCUT2D eigenvalue weighted by molar-refractivity contribution is 5.92. The molecule has 0 amide bonds. The molecule has 0 saturated carbocycles. The first-order valence-corrected chi connectivity index (χ1v) is 7.64. The number of nitrogens with one attached hydrogen (secondary N) is 1. The lowest BCUT2D eigenvalue weighted by Gasteiger charge is -2.23. The number of carbonyl (C=O) groups excluding carboxylic acids is 1. The summed E-state index contributed by atoms with van der Waals surface area (Å²) >= 11 is 0. The van der Waals surface area contributed by atoms with Crippen molar-refractivity contribution in [1.82, 2.24) is 0 Å². The molecule has 24 heavy (non-hydrogen) atoms. The Kier molecular flexibility index (Phi) is 4.42. The van der Waals surface area contributed by atoms with E-state index in [9.17, 15) is 18.0 Å². The van der Waals surface area contributed by atoms with E-state index in [0.29, 0.717) is 24.2 Å². The Balaban J connectivity index is 1.79. The van der Waals surface area contributed by atoms with Crippen molar-refractivity contribution in [3.63, 3.8) is 0 Å². The molecule has 0 aliphatic heterocycles. The minimum Gasteiger partial charge on any atom is -0.359 e. The monoisotopic (exact) mass is 331 g/mol. The van der Waals surface area contributed by atoms with Gasteiger partial charge >= 0.3 is 6.18 Å². The van der Waals surface area contributed by atoms with Crippen LogP contribution in [0.4, 0.5) is 18.9 Å². The number of alkyl halides is 3. The van der Waals surface area contributed by atoms with Crippen LogP contribution in [0.2, 0.25) is 0 Å². The molecular formula is C19H16F3NO. The van der Waals surface area contributed by atoms with Crippen LogP contribution in [0.5, 0.6) is 0 Å². The number of rotatable bonds is 3. The van der Waals surface area contributed by atoms with Crippen molar-refractivity contribution >= 4 is 11.5 Å². The lowest BCUT2D eigenvalue weighted by atomic mass is 9.85. The first kappa shape index (κ1) is 16.3. The molecule has 2 nitrogen and oxygen atoms in total. The molecule has 1 atom stereocenters. The topological polar surface area (TPSA) is 29.1 Å². The van der Waals surface area contributed by atoms with Crippen LogP contribution < -0.4 is 5.32 Å². The second-order valence-electron chi connectivity index (χ2n) is 5.86. The van der Waals surface area contributed by atoms with E-state index in [2.05, 4.69) is 5.32 Å². The summed E-state index contributed by atoms with van der Waals surface area (Å²) < 4.78 is 38.4. The molecular weight excluding hydrogens is 315 g/mol. The van der Waals surface area contributed by atoms with Gasteiger partial charge in [0.25, 0.3) is 0 Å². The van der Waals surface area contributed by atoms with Gasteiger partial charge in [0.05, 0.1) is 5.56 Å². The molecule has 0 saturated heterocycles. The van der Waals surface area contributed by atoms with Crippen LogP contribution in [-0.4, -0.2) is 5.78 Å². The molecule has 3 rings (SSSR count). The SMILES string of the molecule is O=C1C=C(Nc2cccc(C(F)(F)F)c2)C[C@H](c2ccccc2)C1. The summed E-state index contributed by atoms with van der Waals surface area (Å²) in [5, 5.41) is 2.96. The highest BCUT2D eigenvalue weighted by Crippen LogP contribution is 2.34. The Labute approximate surface area is 138 Å². The number of benzene rings is 2. The maximum Gasteiger partial charge on any atom is 0.416 e. The molecule has 1 N–H and O–H groups in total. The number of hydrogen-bond donors (Lipinski definition) is 1. The van der Waals surface area contributed by atoms with E-state index in [1.807, 2.05) is 30.3 Å². The van der Waals surface area contributed by atoms with Gasteiger partial charge in [-0.15, -0.1) is 0 Å². The molecule has 1 aliphatic carbocycles. The van der Waals surface area contributed by atoms with Gasteiger partial charge in [-0.3, -0.25) is 4.79 Å². The summed E-state index contributed by atoms with van der Waals surface area (Å²) in [7, 11) is 0. The zero-order valence-corrected chi connectivity index (χ0v) is 12.8. The van der Waals surface area contributed by atoms with Crippen molar-refractivity contribution < 1.29 is 18.0 Å². The largest absolute Gasteiger partial charge is 0.416 e. The van der Waals surface area contributed by atoms with Crippen LogP contribution in [0.25, 0.3) is 0 Å². The van der Waals surface area contributed by atoms with Gasteiger partial charge in [0.15, 0.2) is 5.78 Å². The fourth-order valence-electron chi connectivity index (χ4n) is 2.90. The zero-order chi connectivity index (χ0) is 17.2. The molecule has 124 valence electrons. The van der Waals surface area contributed by atoms with Gasteiger partial charge < -0.3 is 5.32 Å². The van der Waals surface area contributed by atoms with Crippen LogP contribution in [0.15, 0.2) is 66.4 Å². The summed E-state index contributed by atoms with van der Waals surface area (Å²) in [5.74, 6) is 0.0153. The van der Waals surface area contributed by atoms with E-state index in [4.69, 9.17) is 0 Å². The van der Waals surface area contributed by atoms with E-state index in [0.717, 1.165) is 17.7 Å². The van der Waals surface area contributed by atoms with E-state index < -0.39 is 11.7 Å². The summed E-state index contributed by atoms with van der Waals surface area (Å²) in [6.07, 6.45) is -1.90. The Morgan fingerprint density at radius 3 is 2.42 bits per heavy atom. The fourth-order valence-corrected chi connectivity index (χ4v) is 2.90. The van der Waals surface area contributed by atoms with Gasteiger partial charge in [-0.05, 0) is 36.1 Å². The second kappa shape index (κ2) is 6.51. The number of halogens is 3. The average Bonchev–Trinajstić information content (AvgIpc) is 2.54. The molecule has 0 spiro atoms. The molecule has 0 heterocycles. The van der Waals surface area contributed by atoms with Crippen molar-refractivity contribution in [1.29, 1.82) is 0 Å². The smallest absolute Gasteiger partial charge is 0.359 e. The quantitative estimate of drug-likeness (QED) is 0.843. The minimum atomic E-state index is -4.39. The Hall–Kier alpha value is -2.56. The van der Waals surface area contributed by atoms with E-state index in [-0.39, 0.29) is 11.7 Å². The first-order chi connectivity index (χ1) is 11.4. The zero-order valence-electron chi connectivity index (χ0n) is 12.8. The number of ketones is 1. The molecule has 0 fully saturated rings. The summed E-state index contributed by atoms with van der Waals surface area (Å²) in [4.78, 5) is 12.0. The number of carbonyl (C=O) groups is 1. The third-order valence-corrected chi connectivity index (χ3v) is 4.01. The van der Waals surface area contributed by atoms with Crippen molar-refractivity contribution in [2.45, 2.75) is 24.9 Å². The van der Waals surface area contributed by atoms with Gasteiger partial charge in [0, 0.05) is 23.9 Å². The highest BCUT2D eigenvalue weighted by Gasteiger charge is 2.30. The van der Waals surface area contributed by atoms with Crippen molar-refractivity contribution in [2.24, 2.45) is 0 Å². The highest BCUT2D eigenvalue weighted by atomic mass is 19.4. The maximum absolute atomic E-state index is 12.8. The molecule has 0 bridgehead atoms. The average molecular weight is 331 g/mol. The van der Waals surface area contributed by atoms with E-state index in [1.165, 1.54) is 12.1 Å². The predicted octanol–water partition coefficient (Wildman–Crippen LogP) is 5.15. The van der Waals surface area contributed by atoms with Crippen LogP contribution in [0, 0.1) is 0 Å². The molecule has 1 aliphatic rings. The van der Waals surface area contributed by atoms with Crippen LogP contribution in [0.3, 0.4) is 0 Å². The normalized spacial score (nSPS) is 18.2. The third-order valence-electron chi connectivity index (χ3n) is 4.01. The van der Waals surface area contributed by atoms with Crippen molar-refractivity contribution in [2.75, 3.05) is 5.32 Å². The van der Waals surface area contributed by atoms with Gasteiger partial charge in [-0.2, -0.15) is 13.2 Å². The lowest BCUT2D eigenvalue weighted by molar-refractivity contribution is -0.137. The van der Waals surface area contributed by atoms with E-state index in [1.54, 1.807) is 6.07 Å². The standard InChI is InChI=1S/C19H16F3NO/c20-19(21,22)15-7-4-8-16(11-15)23-17-9-14(10-18(24)12-17)13-5-2-1-3-6-13/h1-8,11-12,14,23H,9-10H2/t14-/m0/s1. The van der Waals surface area contributed by atoms with Crippen molar-refractivity contribution in [3.05, 3.63) is 77.5 Å². The fraction of sp³-hybridized carbons (Fsp3) is 0.211. The van der Waals surface area contributed by atoms with E-state index >= 15 is 0 Å². The summed E-state index contributed by atoms with van der Waals surface area (Å²) in [6, 6.07) is 14.7. The third kappa shape index (κ3) is 3.85. The van der Waals surface area contributed by atoms with Crippen molar-refractivity contribution in [3.8, 4) is 0 Å². The van der Waals surface area contributed by atoms with Gasteiger partial charge in [0.2, 0.25) is 0 Å². The van der Waals surface area contributed by atoms with Gasteiger partial charge in [0.1, 0.15) is 0 Å². The van der Waals surface area contributed by atoms with Crippen LogP contribution in [-0.2, 0) is 11.0 Å². The minimum absolute atomic E-state index is 0.0235. The summed E-state index contributed by atoms with van der Waals surface area (Å²) in [6.45, 7) is 0. The lowest BCUT2D eigenvalue weighted by Crippen LogP contribution is -2.17. The number of anilines is 1. The maximum atomic E-state index is 12.8. The number of allylic oxidation sites excluding steroid dienone is 2. The molecule has 2 aromatic carbocycles. The number of hydrogen-bond acceptors (Lipinski definition) is 2. The Morgan fingerprint density at radius 1 is 0.958 bits per heavy atom. The molecule has 0 aromatic heterocycles. The first-order valence-electron chi connectivity index (χ1n) is 7.64. The molecule has 0 radical (unpaired) electrons. The molecule has 2 aromatic rings. The van der Waals surface area contributed by atoms with Gasteiger partial charge in [-0.25, -0.2) is 0 Å². The molecule has 0 unspecified atom stereocenters. The van der Waals surface area contributed by atoms with Gasteiger partial charge in [-0.1, -0.05) is 36.4 Å². The Morgan fingerprint density at radius 2 is 1.71 bits per heavy atom. The van der Waals surface area contributed by atoms with Crippen LogP contribution in [0.1, 0.15) is 29.9 Å². The van der Waals surface area contributed by atoms with Crippen LogP contribution >= 0.6 is 0 Å². The molecule has 5 heteroatoms.